The Kier molecular flexibility index (Phi) is 10.2. The Bertz CT molecular complexity index is 1220. The molecule has 0 radical (unpaired) electrons. The smallest absolute Gasteiger partial charge is 0.407 e. The number of rotatable bonds is 11. The summed E-state index contributed by atoms with van der Waals surface area (Å²) in [5.74, 6) is -0.239. The largest absolute Gasteiger partial charge is 0.444 e. The summed E-state index contributed by atoms with van der Waals surface area (Å²) < 4.78 is 27.7. The van der Waals surface area contributed by atoms with Gasteiger partial charge < -0.3 is 29.6 Å². The zero-order chi connectivity index (χ0) is 27.8. The normalized spacial score (nSPS) is 15.1. The number of likely N-dealkylation sites (tertiary alicyclic amines) is 1. The van der Waals surface area contributed by atoms with Crippen molar-refractivity contribution in [3.05, 3.63) is 70.6 Å². The number of carbonyl (C=O) groups excluding carboxylic acids is 1. The van der Waals surface area contributed by atoms with Gasteiger partial charge in [0, 0.05) is 61.9 Å². The fourth-order valence-corrected chi connectivity index (χ4v) is 4.97. The standard InChI is InChI=1S/C30H40ClFN4O3/c1-30(2,3)39-29(37)34-26-8-12-35(13-9-26)15-17-38-16-11-33-20-23-18-25(32)19-28-27(23)10-14-36(28)21-22-4-6-24(31)7-5-22/h4-7,10,14,18-19,26,33H,8-9,11-13,15-17,20-21H2,1-3H3,(H,34,37). The molecule has 0 saturated carbocycles. The van der Waals surface area contributed by atoms with E-state index in [-0.39, 0.29) is 18.0 Å². The molecule has 1 saturated heterocycles. The first kappa shape index (κ1) is 29.3. The summed E-state index contributed by atoms with van der Waals surface area (Å²) in [5, 5.41) is 8.10. The molecule has 0 aliphatic carbocycles. The van der Waals surface area contributed by atoms with E-state index in [1.54, 1.807) is 12.1 Å². The van der Waals surface area contributed by atoms with Crippen LogP contribution in [-0.4, -0.2) is 66.6 Å². The highest BCUT2D eigenvalue weighted by molar-refractivity contribution is 6.30. The van der Waals surface area contributed by atoms with Crippen LogP contribution >= 0.6 is 11.6 Å². The molecule has 1 aromatic heterocycles. The number of fused-ring (bicyclic) bond motifs is 1. The quantitative estimate of drug-likeness (QED) is 0.301. The molecule has 0 spiro atoms. The lowest BCUT2D eigenvalue weighted by molar-refractivity contribution is 0.0466. The molecular formula is C30H40ClFN4O3. The number of ether oxygens (including phenoxy) is 2. The average Bonchev–Trinajstić information content (AvgIpc) is 3.27. The molecule has 39 heavy (non-hydrogen) atoms. The van der Waals surface area contributed by atoms with Crippen LogP contribution in [0.5, 0.6) is 0 Å². The van der Waals surface area contributed by atoms with Crippen molar-refractivity contribution in [3.8, 4) is 0 Å². The molecule has 0 unspecified atom stereocenters. The number of hydrogen-bond acceptors (Lipinski definition) is 5. The maximum absolute atomic E-state index is 14.4. The first-order valence-corrected chi connectivity index (χ1v) is 14.1. The first-order chi connectivity index (χ1) is 18.7. The van der Waals surface area contributed by atoms with Gasteiger partial charge in [0.05, 0.1) is 18.7 Å². The first-order valence-electron chi connectivity index (χ1n) is 13.7. The van der Waals surface area contributed by atoms with Crippen LogP contribution in [0.3, 0.4) is 0 Å². The number of alkyl carbamates (subject to hydrolysis) is 1. The summed E-state index contributed by atoms with van der Waals surface area (Å²) in [5.41, 5.74) is 2.44. The summed E-state index contributed by atoms with van der Waals surface area (Å²) in [4.78, 5) is 14.3. The van der Waals surface area contributed by atoms with Crippen molar-refractivity contribution >= 4 is 28.6 Å². The van der Waals surface area contributed by atoms with Crippen molar-refractivity contribution in [2.45, 2.75) is 58.3 Å². The van der Waals surface area contributed by atoms with E-state index in [1.807, 2.05) is 57.3 Å². The molecule has 2 aromatic carbocycles. The van der Waals surface area contributed by atoms with Gasteiger partial charge in [0.1, 0.15) is 11.4 Å². The van der Waals surface area contributed by atoms with Gasteiger partial charge in [-0.15, -0.1) is 0 Å². The predicted octanol–water partition coefficient (Wildman–Crippen LogP) is 5.58. The summed E-state index contributed by atoms with van der Waals surface area (Å²) in [6, 6.07) is 13.1. The van der Waals surface area contributed by atoms with Crippen molar-refractivity contribution in [3.63, 3.8) is 0 Å². The highest BCUT2D eigenvalue weighted by Gasteiger charge is 2.23. The van der Waals surface area contributed by atoms with Gasteiger partial charge in [0.2, 0.25) is 0 Å². The lowest BCUT2D eigenvalue weighted by Crippen LogP contribution is -2.46. The van der Waals surface area contributed by atoms with Crippen LogP contribution in [-0.2, 0) is 22.6 Å². The second-order valence-corrected chi connectivity index (χ2v) is 11.6. The maximum Gasteiger partial charge on any atom is 0.407 e. The molecule has 2 N–H and O–H groups in total. The summed E-state index contributed by atoms with van der Waals surface area (Å²) in [6.45, 7) is 11.5. The Morgan fingerprint density at radius 3 is 2.56 bits per heavy atom. The molecule has 2 heterocycles. The molecule has 1 amide bonds. The highest BCUT2D eigenvalue weighted by atomic mass is 35.5. The maximum atomic E-state index is 14.4. The van der Waals surface area contributed by atoms with Crippen LogP contribution in [0.15, 0.2) is 48.7 Å². The third kappa shape index (κ3) is 9.21. The van der Waals surface area contributed by atoms with E-state index in [4.69, 9.17) is 21.1 Å². The van der Waals surface area contributed by atoms with E-state index in [9.17, 15) is 9.18 Å². The Balaban J connectivity index is 1.13. The van der Waals surface area contributed by atoms with Crippen LogP contribution in [0.1, 0.15) is 44.7 Å². The molecule has 212 valence electrons. The van der Waals surface area contributed by atoms with Crippen LogP contribution in [0.4, 0.5) is 9.18 Å². The molecule has 9 heteroatoms. The molecule has 0 bridgehead atoms. The van der Waals surface area contributed by atoms with Crippen LogP contribution in [0.25, 0.3) is 10.9 Å². The van der Waals surface area contributed by atoms with Gasteiger partial charge in [-0.25, -0.2) is 9.18 Å². The molecule has 1 aliphatic heterocycles. The number of aromatic nitrogens is 1. The monoisotopic (exact) mass is 558 g/mol. The van der Waals surface area contributed by atoms with Crippen molar-refractivity contribution in [1.29, 1.82) is 0 Å². The Hall–Kier alpha value is -2.65. The van der Waals surface area contributed by atoms with Gasteiger partial charge >= 0.3 is 6.09 Å². The number of nitrogens with one attached hydrogen (secondary N) is 2. The fraction of sp³-hybridized carbons (Fsp3) is 0.500. The Morgan fingerprint density at radius 2 is 1.85 bits per heavy atom. The van der Waals surface area contributed by atoms with E-state index < -0.39 is 5.60 Å². The third-order valence-corrected chi connectivity index (χ3v) is 7.06. The van der Waals surface area contributed by atoms with E-state index in [2.05, 4.69) is 20.1 Å². The number of nitrogens with zero attached hydrogens (tertiary/aromatic N) is 2. The van der Waals surface area contributed by atoms with Crippen LogP contribution < -0.4 is 10.6 Å². The molecule has 7 nitrogen and oxygen atoms in total. The van der Waals surface area contributed by atoms with Crippen molar-refractivity contribution < 1.29 is 18.7 Å². The number of amides is 1. The topological polar surface area (TPSA) is 67.8 Å². The second-order valence-electron chi connectivity index (χ2n) is 11.1. The van der Waals surface area contributed by atoms with Gasteiger partial charge in [-0.3, -0.25) is 0 Å². The Labute approximate surface area is 235 Å². The van der Waals surface area contributed by atoms with E-state index >= 15 is 0 Å². The zero-order valence-corrected chi connectivity index (χ0v) is 23.9. The van der Waals surface area contributed by atoms with E-state index in [1.165, 1.54) is 0 Å². The zero-order valence-electron chi connectivity index (χ0n) is 23.1. The van der Waals surface area contributed by atoms with Gasteiger partial charge in [-0.05, 0) is 75.1 Å². The van der Waals surface area contributed by atoms with E-state index in [0.717, 1.165) is 54.5 Å². The van der Waals surface area contributed by atoms with Gasteiger partial charge in [0.15, 0.2) is 0 Å². The summed E-state index contributed by atoms with van der Waals surface area (Å²) in [6.07, 6.45) is 3.47. The lowest BCUT2D eigenvalue weighted by atomic mass is 10.1. The van der Waals surface area contributed by atoms with Crippen LogP contribution in [0.2, 0.25) is 5.02 Å². The predicted molar refractivity (Wildman–Crippen MR) is 154 cm³/mol. The van der Waals surface area contributed by atoms with Crippen molar-refractivity contribution in [2.75, 3.05) is 39.4 Å². The number of halogens is 2. The van der Waals surface area contributed by atoms with Crippen molar-refractivity contribution in [1.82, 2.24) is 20.1 Å². The number of benzene rings is 2. The van der Waals surface area contributed by atoms with Gasteiger partial charge in [-0.2, -0.15) is 0 Å². The number of carbonyl (C=O) groups is 1. The number of piperidine rings is 1. The summed E-state index contributed by atoms with van der Waals surface area (Å²) >= 11 is 6.00. The van der Waals surface area contributed by atoms with Crippen molar-refractivity contribution in [2.24, 2.45) is 0 Å². The minimum absolute atomic E-state index is 0.157. The number of hydrogen-bond donors (Lipinski definition) is 2. The Morgan fingerprint density at radius 1 is 1.10 bits per heavy atom. The SMILES string of the molecule is CC(C)(C)OC(=O)NC1CCN(CCOCCNCc2cc(F)cc3c2ccn3Cc2ccc(Cl)cc2)CC1. The third-order valence-electron chi connectivity index (χ3n) is 6.80. The van der Waals surface area contributed by atoms with Crippen LogP contribution in [0, 0.1) is 5.82 Å². The van der Waals surface area contributed by atoms with E-state index in [0.29, 0.717) is 37.9 Å². The minimum Gasteiger partial charge on any atom is -0.444 e. The van der Waals surface area contributed by atoms with Gasteiger partial charge in [-0.1, -0.05) is 23.7 Å². The molecule has 1 aliphatic rings. The molecule has 3 aromatic rings. The fourth-order valence-electron chi connectivity index (χ4n) is 4.84. The summed E-state index contributed by atoms with van der Waals surface area (Å²) in [7, 11) is 0. The second kappa shape index (κ2) is 13.6. The molecular weight excluding hydrogens is 519 g/mol. The highest BCUT2D eigenvalue weighted by Crippen LogP contribution is 2.24. The molecule has 0 atom stereocenters. The average molecular weight is 559 g/mol. The van der Waals surface area contributed by atoms with Gasteiger partial charge in [0.25, 0.3) is 0 Å². The minimum atomic E-state index is -0.481. The lowest BCUT2D eigenvalue weighted by Gasteiger charge is -2.32. The molecule has 4 rings (SSSR count). The molecule has 1 fully saturated rings.